The monoisotopic (exact) mass is 291 g/mol. The van der Waals surface area contributed by atoms with E-state index >= 15 is 0 Å². The summed E-state index contributed by atoms with van der Waals surface area (Å²) < 4.78 is 11.0. The SMILES string of the molecule is O=C(O)C1CCC(C(=O)N2CCOc3ccccc3C2)O1. The minimum atomic E-state index is -1.00. The first-order valence-corrected chi connectivity index (χ1v) is 7.03. The number of rotatable bonds is 2. The molecular formula is C15H17NO5. The molecule has 1 aromatic rings. The van der Waals surface area contributed by atoms with E-state index in [2.05, 4.69) is 0 Å². The number of fused-ring (bicyclic) bond motifs is 1. The number of carboxylic acids is 1. The summed E-state index contributed by atoms with van der Waals surface area (Å²) in [5.41, 5.74) is 0.955. The van der Waals surface area contributed by atoms with Crippen molar-refractivity contribution in [1.82, 2.24) is 4.90 Å². The number of aliphatic carboxylic acids is 1. The predicted molar refractivity (Wildman–Crippen MR) is 72.9 cm³/mol. The van der Waals surface area contributed by atoms with Crippen molar-refractivity contribution < 1.29 is 24.2 Å². The Balaban J connectivity index is 1.70. The van der Waals surface area contributed by atoms with E-state index in [9.17, 15) is 9.59 Å². The maximum Gasteiger partial charge on any atom is 0.332 e. The fraction of sp³-hybridized carbons (Fsp3) is 0.467. The number of carbonyl (C=O) groups is 2. The number of amides is 1. The largest absolute Gasteiger partial charge is 0.491 e. The van der Waals surface area contributed by atoms with E-state index in [1.54, 1.807) is 4.90 Å². The van der Waals surface area contributed by atoms with Crippen LogP contribution >= 0.6 is 0 Å². The number of para-hydroxylation sites is 1. The molecule has 1 N–H and O–H groups in total. The highest BCUT2D eigenvalue weighted by molar-refractivity contribution is 5.82. The number of hydrogen-bond donors (Lipinski definition) is 1. The highest BCUT2D eigenvalue weighted by Crippen LogP contribution is 2.26. The van der Waals surface area contributed by atoms with Crippen molar-refractivity contribution >= 4 is 11.9 Å². The Morgan fingerprint density at radius 3 is 2.71 bits per heavy atom. The molecule has 0 aromatic heterocycles. The van der Waals surface area contributed by atoms with Crippen LogP contribution < -0.4 is 4.74 Å². The van der Waals surface area contributed by atoms with Crippen LogP contribution in [0.1, 0.15) is 18.4 Å². The zero-order chi connectivity index (χ0) is 14.8. The van der Waals surface area contributed by atoms with Crippen LogP contribution in [0.2, 0.25) is 0 Å². The summed E-state index contributed by atoms with van der Waals surface area (Å²) in [6.07, 6.45) is -0.688. The van der Waals surface area contributed by atoms with Crippen LogP contribution in [0.15, 0.2) is 24.3 Å². The molecule has 1 fully saturated rings. The van der Waals surface area contributed by atoms with Crippen molar-refractivity contribution in [3.8, 4) is 5.75 Å². The van der Waals surface area contributed by atoms with Gasteiger partial charge in [0.05, 0.1) is 6.54 Å². The standard InChI is InChI=1S/C15H17NO5/c17-14(12-5-6-13(21-12)15(18)19)16-7-8-20-11-4-2-1-3-10(11)9-16/h1-4,12-13H,5-9H2,(H,18,19). The molecule has 2 heterocycles. The van der Waals surface area contributed by atoms with Crippen LogP contribution in [0.5, 0.6) is 5.75 Å². The van der Waals surface area contributed by atoms with Crippen LogP contribution in [0.3, 0.4) is 0 Å². The lowest BCUT2D eigenvalue weighted by molar-refractivity contribution is -0.155. The number of ether oxygens (including phenoxy) is 2. The van der Waals surface area contributed by atoms with Gasteiger partial charge in [-0.3, -0.25) is 4.79 Å². The van der Waals surface area contributed by atoms with Crippen LogP contribution in [0.4, 0.5) is 0 Å². The third-order valence-electron chi connectivity index (χ3n) is 3.83. The van der Waals surface area contributed by atoms with Gasteiger partial charge in [-0.1, -0.05) is 18.2 Å². The molecule has 2 atom stereocenters. The van der Waals surface area contributed by atoms with Crippen LogP contribution in [-0.4, -0.2) is 47.2 Å². The van der Waals surface area contributed by atoms with Crippen LogP contribution in [0, 0.1) is 0 Å². The van der Waals surface area contributed by atoms with Crippen molar-refractivity contribution in [2.45, 2.75) is 31.6 Å². The summed E-state index contributed by atoms with van der Waals surface area (Å²) in [7, 11) is 0. The summed E-state index contributed by atoms with van der Waals surface area (Å²) in [6.45, 7) is 1.37. The first-order chi connectivity index (χ1) is 10.1. The van der Waals surface area contributed by atoms with Gasteiger partial charge in [-0.25, -0.2) is 4.79 Å². The summed E-state index contributed by atoms with van der Waals surface area (Å²) in [5, 5.41) is 8.93. The molecule has 2 aliphatic rings. The zero-order valence-electron chi connectivity index (χ0n) is 11.5. The fourth-order valence-electron chi connectivity index (χ4n) is 2.72. The fourth-order valence-corrected chi connectivity index (χ4v) is 2.72. The summed E-state index contributed by atoms with van der Waals surface area (Å²) in [4.78, 5) is 25.1. The highest BCUT2D eigenvalue weighted by atomic mass is 16.5. The number of nitrogens with zero attached hydrogens (tertiary/aromatic N) is 1. The van der Waals surface area contributed by atoms with Crippen LogP contribution in [-0.2, 0) is 20.9 Å². The Labute approximate surface area is 122 Å². The van der Waals surface area contributed by atoms with E-state index in [1.165, 1.54) is 0 Å². The maximum atomic E-state index is 12.5. The summed E-state index contributed by atoms with van der Waals surface area (Å²) in [5.74, 6) is -0.363. The zero-order valence-corrected chi connectivity index (χ0v) is 11.5. The molecule has 0 saturated carbocycles. The molecule has 2 unspecified atom stereocenters. The van der Waals surface area contributed by atoms with E-state index in [4.69, 9.17) is 14.6 Å². The summed E-state index contributed by atoms with van der Waals surface area (Å²) in [6, 6.07) is 7.61. The Kier molecular flexibility index (Phi) is 3.79. The molecule has 1 aromatic carbocycles. The molecule has 21 heavy (non-hydrogen) atoms. The highest BCUT2D eigenvalue weighted by Gasteiger charge is 2.37. The van der Waals surface area contributed by atoms with Gasteiger partial charge in [0.15, 0.2) is 6.10 Å². The molecule has 1 amide bonds. The van der Waals surface area contributed by atoms with Gasteiger partial charge in [0.1, 0.15) is 18.5 Å². The van der Waals surface area contributed by atoms with Gasteiger partial charge >= 0.3 is 5.97 Å². The molecule has 1 saturated heterocycles. The Bertz CT molecular complexity index is 559. The predicted octanol–water partition coefficient (Wildman–Crippen LogP) is 1.04. The van der Waals surface area contributed by atoms with Gasteiger partial charge in [0.2, 0.25) is 0 Å². The molecule has 2 aliphatic heterocycles. The Hall–Kier alpha value is -2.08. The second-order valence-corrected chi connectivity index (χ2v) is 5.24. The molecule has 3 rings (SSSR count). The first kappa shape index (κ1) is 13.9. The number of carbonyl (C=O) groups excluding carboxylic acids is 1. The second-order valence-electron chi connectivity index (χ2n) is 5.24. The molecule has 112 valence electrons. The topological polar surface area (TPSA) is 76.1 Å². The van der Waals surface area contributed by atoms with Crippen molar-refractivity contribution in [2.24, 2.45) is 0 Å². The van der Waals surface area contributed by atoms with E-state index in [0.717, 1.165) is 11.3 Å². The van der Waals surface area contributed by atoms with E-state index in [-0.39, 0.29) is 5.91 Å². The second kappa shape index (κ2) is 5.73. The van der Waals surface area contributed by atoms with Crippen molar-refractivity contribution in [2.75, 3.05) is 13.2 Å². The number of benzene rings is 1. The minimum Gasteiger partial charge on any atom is -0.491 e. The van der Waals surface area contributed by atoms with Gasteiger partial charge in [0, 0.05) is 12.1 Å². The van der Waals surface area contributed by atoms with Gasteiger partial charge in [0.25, 0.3) is 5.91 Å². The minimum absolute atomic E-state index is 0.154. The normalized spacial score (nSPS) is 24.9. The molecule has 0 radical (unpaired) electrons. The summed E-state index contributed by atoms with van der Waals surface area (Å²) >= 11 is 0. The van der Waals surface area contributed by atoms with Gasteiger partial charge in [-0.15, -0.1) is 0 Å². The third kappa shape index (κ3) is 2.85. The first-order valence-electron chi connectivity index (χ1n) is 7.03. The number of carboxylic acid groups (broad SMARTS) is 1. The Morgan fingerprint density at radius 1 is 1.19 bits per heavy atom. The quantitative estimate of drug-likeness (QED) is 0.881. The molecule has 6 nitrogen and oxygen atoms in total. The molecule has 0 spiro atoms. The lowest BCUT2D eigenvalue weighted by Gasteiger charge is -2.23. The van der Waals surface area contributed by atoms with E-state index < -0.39 is 18.2 Å². The maximum absolute atomic E-state index is 12.5. The average Bonchev–Trinajstić information content (AvgIpc) is 2.87. The van der Waals surface area contributed by atoms with E-state index in [0.29, 0.717) is 32.5 Å². The van der Waals surface area contributed by atoms with Crippen LogP contribution in [0.25, 0.3) is 0 Å². The van der Waals surface area contributed by atoms with Crippen molar-refractivity contribution in [3.05, 3.63) is 29.8 Å². The van der Waals surface area contributed by atoms with Gasteiger partial charge in [-0.2, -0.15) is 0 Å². The van der Waals surface area contributed by atoms with E-state index in [1.807, 2.05) is 24.3 Å². The lowest BCUT2D eigenvalue weighted by atomic mass is 10.1. The lowest BCUT2D eigenvalue weighted by Crippen LogP contribution is -2.40. The van der Waals surface area contributed by atoms with Gasteiger partial charge in [-0.05, 0) is 18.9 Å². The Morgan fingerprint density at radius 2 is 1.95 bits per heavy atom. The molecule has 0 bridgehead atoms. The molecule has 6 heteroatoms. The number of hydrogen-bond acceptors (Lipinski definition) is 4. The smallest absolute Gasteiger partial charge is 0.332 e. The third-order valence-corrected chi connectivity index (χ3v) is 3.83. The van der Waals surface area contributed by atoms with Crippen molar-refractivity contribution in [3.63, 3.8) is 0 Å². The van der Waals surface area contributed by atoms with Gasteiger partial charge < -0.3 is 19.5 Å². The molecule has 0 aliphatic carbocycles. The average molecular weight is 291 g/mol. The van der Waals surface area contributed by atoms with Crippen molar-refractivity contribution in [1.29, 1.82) is 0 Å². The molecular weight excluding hydrogens is 274 g/mol.